The highest BCUT2D eigenvalue weighted by molar-refractivity contribution is 5.93. The number of nitrogens with two attached hydrogens (primary N) is 1. The summed E-state index contributed by atoms with van der Waals surface area (Å²) >= 11 is 0. The Morgan fingerprint density at radius 1 is 1.57 bits per heavy atom. The van der Waals surface area contributed by atoms with Crippen LogP contribution in [0.15, 0.2) is 12.4 Å². The summed E-state index contributed by atoms with van der Waals surface area (Å²) in [5.74, 6) is 0.825. The van der Waals surface area contributed by atoms with Crippen LogP contribution in [0.1, 0.15) is 18.5 Å². The van der Waals surface area contributed by atoms with Crippen LogP contribution in [0.2, 0.25) is 0 Å². The normalized spacial score (nSPS) is 15.2. The molecular weight excluding hydrogens is 178 g/mol. The molecule has 0 aromatic carbocycles. The van der Waals surface area contributed by atoms with Crippen molar-refractivity contribution >= 4 is 11.7 Å². The molecule has 0 aliphatic heterocycles. The van der Waals surface area contributed by atoms with Gasteiger partial charge in [-0.25, -0.2) is 9.97 Å². The number of rotatable bonds is 3. The van der Waals surface area contributed by atoms with E-state index in [1.54, 1.807) is 6.07 Å². The summed E-state index contributed by atoms with van der Waals surface area (Å²) < 4.78 is 0. The summed E-state index contributed by atoms with van der Waals surface area (Å²) in [6, 6.07) is 2.35. The maximum atomic E-state index is 7.26. The zero-order valence-corrected chi connectivity index (χ0v) is 8.07. The lowest BCUT2D eigenvalue weighted by Crippen LogP contribution is -2.22. The van der Waals surface area contributed by atoms with Crippen LogP contribution in [0.3, 0.4) is 0 Å². The van der Waals surface area contributed by atoms with E-state index in [0.717, 1.165) is 5.82 Å². The number of amidine groups is 1. The highest BCUT2D eigenvalue weighted by Crippen LogP contribution is 2.28. The summed E-state index contributed by atoms with van der Waals surface area (Å²) in [5.41, 5.74) is 5.84. The first-order chi connectivity index (χ1) is 6.68. The molecular formula is C9H13N5. The van der Waals surface area contributed by atoms with E-state index in [4.69, 9.17) is 11.1 Å². The largest absolute Gasteiger partial charge is 0.382 e. The standard InChI is InChI=1S/C9H13N5/c1-14(6-2-3-6)8-4-7(9(10)11)12-5-13-8/h4-6H,2-3H2,1H3,(H3,10,11). The maximum absolute atomic E-state index is 7.26. The third kappa shape index (κ3) is 1.66. The summed E-state index contributed by atoms with van der Waals surface area (Å²) in [5, 5.41) is 7.26. The van der Waals surface area contributed by atoms with E-state index in [0.29, 0.717) is 11.7 Å². The molecule has 0 bridgehead atoms. The maximum Gasteiger partial charge on any atom is 0.142 e. The van der Waals surface area contributed by atoms with Gasteiger partial charge in [0.05, 0.1) is 0 Å². The predicted molar refractivity (Wildman–Crippen MR) is 54.5 cm³/mol. The van der Waals surface area contributed by atoms with Gasteiger partial charge in [-0.05, 0) is 12.8 Å². The van der Waals surface area contributed by atoms with E-state index in [1.165, 1.54) is 19.2 Å². The van der Waals surface area contributed by atoms with Crippen molar-refractivity contribution in [3.8, 4) is 0 Å². The van der Waals surface area contributed by atoms with E-state index in [1.807, 2.05) is 7.05 Å². The number of anilines is 1. The molecule has 0 saturated heterocycles. The Kier molecular flexibility index (Phi) is 2.07. The van der Waals surface area contributed by atoms with Crippen molar-refractivity contribution in [3.05, 3.63) is 18.1 Å². The third-order valence-electron chi connectivity index (χ3n) is 2.38. The first-order valence-corrected chi connectivity index (χ1v) is 4.58. The predicted octanol–water partition coefficient (Wildman–Crippen LogP) is 0.359. The molecule has 1 fully saturated rings. The Morgan fingerprint density at radius 3 is 2.86 bits per heavy atom. The fourth-order valence-electron chi connectivity index (χ4n) is 1.34. The molecule has 1 heterocycles. The van der Waals surface area contributed by atoms with Crippen molar-refractivity contribution in [1.82, 2.24) is 9.97 Å². The molecule has 1 aromatic rings. The van der Waals surface area contributed by atoms with Gasteiger partial charge in [-0.2, -0.15) is 0 Å². The van der Waals surface area contributed by atoms with Crippen LogP contribution in [-0.2, 0) is 0 Å². The van der Waals surface area contributed by atoms with Crippen molar-refractivity contribution < 1.29 is 0 Å². The second-order valence-electron chi connectivity index (χ2n) is 3.52. The first kappa shape index (κ1) is 8.93. The second kappa shape index (κ2) is 3.25. The van der Waals surface area contributed by atoms with Gasteiger partial charge in [0.2, 0.25) is 0 Å². The summed E-state index contributed by atoms with van der Waals surface area (Å²) in [7, 11) is 2.00. The number of aromatic nitrogens is 2. The van der Waals surface area contributed by atoms with Gasteiger partial charge in [-0.3, -0.25) is 5.41 Å². The monoisotopic (exact) mass is 191 g/mol. The molecule has 2 rings (SSSR count). The lowest BCUT2D eigenvalue weighted by molar-refractivity contribution is 0.884. The van der Waals surface area contributed by atoms with Crippen LogP contribution in [0.5, 0.6) is 0 Å². The SMILES string of the molecule is CN(c1cc(C(=N)N)ncn1)C1CC1. The average Bonchev–Trinajstić information content (AvgIpc) is 3.00. The molecule has 5 heteroatoms. The van der Waals surface area contributed by atoms with Crippen LogP contribution in [0.25, 0.3) is 0 Å². The van der Waals surface area contributed by atoms with Gasteiger partial charge in [-0.15, -0.1) is 0 Å². The van der Waals surface area contributed by atoms with Crippen molar-refractivity contribution in [2.24, 2.45) is 5.73 Å². The molecule has 3 N–H and O–H groups in total. The lowest BCUT2D eigenvalue weighted by Gasteiger charge is -2.17. The number of nitrogen functional groups attached to an aromatic ring is 1. The Hall–Kier alpha value is -1.65. The minimum absolute atomic E-state index is 0.0159. The van der Waals surface area contributed by atoms with Gasteiger partial charge in [0, 0.05) is 19.2 Å². The van der Waals surface area contributed by atoms with E-state index in [-0.39, 0.29) is 5.84 Å². The van der Waals surface area contributed by atoms with Crippen LogP contribution < -0.4 is 10.6 Å². The van der Waals surface area contributed by atoms with Crippen molar-refractivity contribution in [1.29, 1.82) is 5.41 Å². The molecule has 0 radical (unpaired) electrons. The van der Waals surface area contributed by atoms with Gasteiger partial charge in [0.25, 0.3) is 0 Å². The molecule has 0 atom stereocenters. The van der Waals surface area contributed by atoms with Gasteiger partial charge in [0.15, 0.2) is 0 Å². The summed E-state index contributed by atoms with van der Waals surface area (Å²) in [6.07, 6.45) is 3.89. The lowest BCUT2D eigenvalue weighted by atomic mass is 10.3. The minimum Gasteiger partial charge on any atom is -0.382 e. The third-order valence-corrected chi connectivity index (χ3v) is 2.38. The van der Waals surface area contributed by atoms with Crippen molar-refractivity contribution in [2.45, 2.75) is 18.9 Å². The van der Waals surface area contributed by atoms with Crippen LogP contribution >= 0.6 is 0 Å². The highest BCUT2D eigenvalue weighted by Gasteiger charge is 2.27. The molecule has 74 valence electrons. The Bertz CT molecular complexity index is 358. The fourth-order valence-corrected chi connectivity index (χ4v) is 1.34. The molecule has 0 unspecified atom stereocenters. The molecule has 1 aliphatic rings. The smallest absolute Gasteiger partial charge is 0.142 e. The van der Waals surface area contributed by atoms with Crippen LogP contribution in [0, 0.1) is 5.41 Å². The Labute approximate surface area is 82.5 Å². The quantitative estimate of drug-likeness (QED) is 0.534. The van der Waals surface area contributed by atoms with E-state index < -0.39 is 0 Å². The van der Waals surface area contributed by atoms with Gasteiger partial charge >= 0.3 is 0 Å². The fraction of sp³-hybridized carbons (Fsp3) is 0.444. The summed E-state index contributed by atoms with van der Waals surface area (Å²) in [6.45, 7) is 0. The van der Waals surface area contributed by atoms with E-state index in [2.05, 4.69) is 14.9 Å². The first-order valence-electron chi connectivity index (χ1n) is 4.58. The minimum atomic E-state index is -0.0159. The van der Waals surface area contributed by atoms with Crippen LogP contribution in [0.4, 0.5) is 5.82 Å². The second-order valence-corrected chi connectivity index (χ2v) is 3.52. The number of nitrogens with one attached hydrogen (secondary N) is 1. The molecule has 14 heavy (non-hydrogen) atoms. The Balaban J connectivity index is 2.24. The molecule has 1 aromatic heterocycles. The molecule has 1 saturated carbocycles. The zero-order chi connectivity index (χ0) is 10.1. The molecule has 0 amide bonds. The number of nitrogens with zero attached hydrogens (tertiary/aromatic N) is 3. The van der Waals surface area contributed by atoms with Gasteiger partial charge in [-0.1, -0.05) is 0 Å². The van der Waals surface area contributed by atoms with Crippen LogP contribution in [-0.4, -0.2) is 28.9 Å². The topological polar surface area (TPSA) is 78.9 Å². The highest BCUT2D eigenvalue weighted by atomic mass is 15.2. The summed E-state index contributed by atoms with van der Waals surface area (Å²) in [4.78, 5) is 10.2. The van der Waals surface area contributed by atoms with Crippen molar-refractivity contribution in [3.63, 3.8) is 0 Å². The van der Waals surface area contributed by atoms with E-state index in [9.17, 15) is 0 Å². The average molecular weight is 191 g/mol. The van der Waals surface area contributed by atoms with E-state index >= 15 is 0 Å². The number of hydrogen-bond acceptors (Lipinski definition) is 4. The number of hydrogen-bond donors (Lipinski definition) is 2. The zero-order valence-electron chi connectivity index (χ0n) is 8.07. The van der Waals surface area contributed by atoms with Gasteiger partial charge < -0.3 is 10.6 Å². The molecule has 1 aliphatic carbocycles. The van der Waals surface area contributed by atoms with Crippen molar-refractivity contribution in [2.75, 3.05) is 11.9 Å². The van der Waals surface area contributed by atoms with Gasteiger partial charge in [0.1, 0.15) is 23.7 Å². The molecule has 5 nitrogen and oxygen atoms in total. The Morgan fingerprint density at radius 2 is 2.29 bits per heavy atom. The molecule has 0 spiro atoms.